The normalized spacial score (nSPS) is 14.9. The summed E-state index contributed by atoms with van der Waals surface area (Å²) in [5, 5.41) is 0.695. The van der Waals surface area contributed by atoms with Gasteiger partial charge in [-0.15, -0.1) is 0 Å². The lowest BCUT2D eigenvalue weighted by molar-refractivity contribution is -0.135. The number of amides is 1. The number of methoxy groups -OCH3 is 1. The van der Waals surface area contributed by atoms with E-state index in [1.54, 1.807) is 7.11 Å². The third-order valence-electron chi connectivity index (χ3n) is 4.32. The van der Waals surface area contributed by atoms with E-state index in [0.29, 0.717) is 30.4 Å². The number of hydrogen-bond acceptors (Lipinski definition) is 4. The highest BCUT2D eigenvalue weighted by molar-refractivity contribution is 6.30. The van der Waals surface area contributed by atoms with Crippen LogP contribution in [0.1, 0.15) is 23.7 Å². The molecule has 1 aliphatic heterocycles. The highest BCUT2D eigenvalue weighted by Gasteiger charge is 2.27. The molecule has 0 saturated heterocycles. The standard InChI is InChI=1S/C18H20ClN3O2/c1-12(8-13-4-3-5-14(19)9-13)18(23)22-7-6-16-15(10-22)17(24-2)21-11-20-16/h3-5,9,11-12H,6-8,10H2,1-2H3. The zero-order chi connectivity index (χ0) is 17.1. The van der Waals surface area contributed by atoms with Gasteiger partial charge in [-0.3, -0.25) is 4.79 Å². The summed E-state index contributed by atoms with van der Waals surface area (Å²) in [5.41, 5.74) is 2.95. The second-order valence-corrected chi connectivity index (χ2v) is 6.49. The third kappa shape index (κ3) is 3.51. The number of carbonyl (C=O) groups is 1. The number of nitrogens with zero attached hydrogens (tertiary/aromatic N) is 3. The van der Waals surface area contributed by atoms with Crippen molar-refractivity contribution in [1.29, 1.82) is 0 Å². The maximum Gasteiger partial charge on any atom is 0.226 e. The molecule has 3 rings (SSSR count). The molecule has 0 spiro atoms. The predicted molar refractivity (Wildman–Crippen MR) is 92.0 cm³/mol. The van der Waals surface area contributed by atoms with Gasteiger partial charge in [0.05, 0.1) is 24.9 Å². The Balaban J connectivity index is 1.71. The summed E-state index contributed by atoms with van der Waals surface area (Å²) in [6.07, 6.45) is 2.91. The van der Waals surface area contributed by atoms with E-state index in [4.69, 9.17) is 16.3 Å². The number of halogens is 1. The molecule has 5 nitrogen and oxygen atoms in total. The Hall–Kier alpha value is -2.14. The number of hydrogen-bond donors (Lipinski definition) is 0. The lowest BCUT2D eigenvalue weighted by atomic mass is 9.98. The van der Waals surface area contributed by atoms with Gasteiger partial charge in [-0.1, -0.05) is 30.7 Å². The van der Waals surface area contributed by atoms with E-state index in [2.05, 4.69) is 9.97 Å². The number of rotatable bonds is 4. The molecule has 1 unspecified atom stereocenters. The van der Waals surface area contributed by atoms with Crippen molar-refractivity contribution in [2.24, 2.45) is 5.92 Å². The largest absolute Gasteiger partial charge is 0.481 e. The van der Waals surface area contributed by atoms with Crippen LogP contribution in [-0.2, 0) is 24.2 Å². The molecule has 2 aromatic rings. The van der Waals surface area contributed by atoms with Gasteiger partial charge >= 0.3 is 0 Å². The van der Waals surface area contributed by atoms with Crippen LogP contribution >= 0.6 is 11.6 Å². The Kier molecular flexibility index (Phi) is 5.00. The Morgan fingerprint density at radius 2 is 2.25 bits per heavy atom. The molecule has 1 atom stereocenters. The van der Waals surface area contributed by atoms with Crippen LogP contribution in [0.15, 0.2) is 30.6 Å². The molecule has 1 aromatic heterocycles. The van der Waals surface area contributed by atoms with E-state index in [9.17, 15) is 4.79 Å². The number of benzene rings is 1. The first kappa shape index (κ1) is 16.7. The van der Waals surface area contributed by atoms with Crippen molar-refractivity contribution in [2.45, 2.75) is 26.3 Å². The second kappa shape index (κ2) is 7.18. The fourth-order valence-corrected chi connectivity index (χ4v) is 3.31. The Morgan fingerprint density at radius 3 is 3.00 bits per heavy atom. The molecule has 6 heteroatoms. The zero-order valence-corrected chi connectivity index (χ0v) is 14.6. The van der Waals surface area contributed by atoms with Crippen LogP contribution in [0.5, 0.6) is 5.88 Å². The van der Waals surface area contributed by atoms with E-state index in [1.165, 1.54) is 6.33 Å². The van der Waals surface area contributed by atoms with Gasteiger partial charge in [0, 0.05) is 23.9 Å². The van der Waals surface area contributed by atoms with E-state index < -0.39 is 0 Å². The van der Waals surface area contributed by atoms with Crippen molar-refractivity contribution < 1.29 is 9.53 Å². The summed E-state index contributed by atoms with van der Waals surface area (Å²) < 4.78 is 5.31. The first-order valence-corrected chi connectivity index (χ1v) is 8.36. The van der Waals surface area contributed by atoms with Gasteiger partial charge in [0.15, 0.2) is 0 Å². The van der Waals surface area contributed by atoms with Crippen molar-refractivity contribution in [2.75, 3.05) is 13.7 Å². The molecule has 0 bridgehead atoms. The molecule has 2 heterocycles. The molecule has 1 amide bonds. The monoisotopic (exact) mass is 345 g/mol. The maximum atomic E-state index is 12.8. The average Bonchev–Trinajstić information content (AvgIpc) is 2.60. The smallest absolute Gasteiger partial charge is 0.226 e. The summed E-state index contributed by atoms with van der Waals surface area (Å²) in [6, 6.07) is 7.66. The van der Waals surface area contributed by atoms with Crippen LogP contribution in [0.25, 0.3) is 0 Å². The van der Waals surface area contributed by atoms with Gasteiger partial charge in [-0.05, 0) is 24.1 Å². The molecule has 0 radical (unpaired) electrons. The predicted octanol–water partition coefficient (Wildman–Crippen LogP) is 2.90. The molecule has 24 heavy (non-hydrogen) atoms. The number of ether oxygens (including phenoxy) is 1. The maximum absolute atomic E-state index is 12.8. The lowest BCUT2D eigenvalue weighted by Gasteiger charge is -2.30. The van der Waals surface area contributed by atoms with E-state index in [-0.39, 0.29) is 11.8 Å². The minimum atomic E-state index is -0.111. The molecule has 1 aromatic carbocycles. The topological polar surface area (TPSA) is 55.3 Å². The molecular weight excluding hydrogens is 326 g/mol. The van der Waals surface area contributed by atoms with Crippen molar-refractivity contribution in [3.8, 4) is 5.88 Å². The SMILES string of the molecule is COc1ncnc2c1CN(C(=O)C(C)Cc1cccc(Cl)c1)CC2. The van der Waals surface area contributed by atoms with Crippen LogP contribution in [0.2, 0.25) is 5.02 Å². The van der Waals surface area contributed by atoms with Gasteiger partial charge < -0.3 is 9.64 Å². The Bertz CT molecular complexity index is 737. The first-order valence-electron chi connectivity index (χ1n) is 7.98. The Morgan fingerprint density at radius 1 is 1.42 bits per heavy atom. The van der Waals surface area contributed by atoms with Gasteiger partial charge in [-0.2, -0.15) is 0 Å². The molecule has 1 aliphatic rings. The minimum Gasteiger partial charge on any atom is -0.481 e. The molecule has 0 saturated carbocycles. The summed E-state index contributed by atoms with van der Waals surface area (Å²) in [7, 11) is 1.59. The highest BCUT2D eigenvalue weighted by Crippen LogP contribution is 2.26. The molecule has 0 fully saturated rings. The van der Waals surface area contributed by atoms with Gasteiger partial charge in [-0.25, -0.2) is 9.97 Å². The Labute approximate surface area is 146 Å². The van der Waals surface area contributed by atoms with Crippen LogP contribution < -0.4 is 4.74 Å². The fraction of sp³-hybridized carbons (Fsp3) is 0.389. The van der Waals surface area contributed by atoms with Gasteiger partial charge in [0.2, 0.25) is 11.8 Å². The summed E-state index contributed by atoms with van der Waals surface area (Å²) in [5.74, 6) is 0.576. The third-order valence-corrected chi connectivity index (χ3v) is 4.56. The highest BCUT2D eigenvalue weighted by atomic mass is 35.5. The van der Waals surface area contributed by atoms with Gasteiger partial charge in [0.25, 0.3) is 0 Å². The number of aromatic nitrogens is 2. The number of carbonyl (C=O) groups excluding carboxylic acids is 1. The van der Waals surface area contributed by atoms with Crippen LogP contribution in [0, 0.1) is 5.92 Å². The van der Waals surface area contributed by atoms with E-state index in [1.807, 2.05) is 36.1 Å². The summed E-state index contributed by atoms with van der Waals surface area (Å²) in [6.45, 7) is 3.13. The molecule has 0 aliphatic carbocycles. The lowest BCUT2D eigenvalue weighted by Crippen LogP contribution is -2.40. The molecule has 126 valence electrons. The van der Waals surface area contributed by atoms with Crippen molar-refractivity contribution in [3.05, 3.63) is 52.4 Å². The molecule has 0 N–H and O–H groups in total. The summed E-state index contributed by atoms with van der Waals surface area (Å²) >= 11 is 6.02. The molecular formula is C18H20ClN3O2. The fourth-order valence-electron chi connectivity index (χ4n) is 3.10. The van der Waals surface area contributed by atoms with E-state index in [0.717, 1.165) is 23.2 Å². The van der Waals surface area contributed by atoms with Crippen LogP contribution in [-0.4, -0.2) is 34.4 Å². The number of fused-ring (bicyclic) bond motifs is 1. The van der Waals surface area contributed by atoms with E-state index >= 15 is 0 Å². The average molecular weight is 346 g/mol. The quantitative estimate of drug-likeness (QED) is 0.855. The van der Waals surface area contributed by atoms with Crippen LogP contribution in [0.4, 0.5) is 0 Å². The minimum absolute atomic E-state index is 0.111. The van der Waals surface area contributed by atoms with Crippen molar-refractivity contribution >= 4 is 17.5 Å². The van der Waals surface area contributed by atoms with Gasteiger partial charge in [0.1, 0.15) is 6.33 Å². The second-order valence-electron chi connectivity index (χ2n) is 6.05. The zero-order valence-electron chi connectivity index (χ0n) is 13.8. The summed E-state index contributed by atoms with van der Waals surface area (Å²) in [4.78, 5) is 23.1. The van der Waals surface area contributed by atoms with Crippen LogP contribution in [0.3, 0.4) is 0 Å². The first-order chi connectivity index (χ1) is 11.6. The van der Waals surface area contributed by atoms with Crippen molar-refractivity contribution in [1.82, 2.24) is 14.9 Å². The van der Waals surface area contributed by atoms with Crippen molar-refractivity contribution in [3.63, 3.8) is 0 Å².